The fraction of sp³-hybridized carbons (Fsp3) is 0.650. The van der Waals surface area contributed by atoms with Crippen LogP contribution in [-0.2, 0) is 23.7 Å². The number of nitrogens with one attached hydrogen (secondary N) is 1. The number of carbonyl (C=O) groups excluding carboxylic acids is 1. The summed E-state index contributed by atoms with van der Waals surface area (Å²) in [7, 11) is 0. The number of unbranched alkanes of at least 4 members (excludes halogenated alkanes) is 10. The van der Waals surface area contributed by atoms with Gasteiger partial charge in [-0.3, -0.25) is 4.79 Å². The second-order valence-corrected chi connectivity index (χ2v) is 19.0. The van der Waals surface area contributed by atoms with E-state index in [0.29, 0.717) is 6.42 Å². The number of hydrogen-bond donors (Lipinski definition) is 9. The molecule has 14 nitrogen and oxygen atoms in total. The summed E-state index contributed by atoms with van der Waals surface area (Å²) in [5.74, 6) is -0.281. The van der Waals surface area contributed by atoms with Crippen LogP contribution in [0.2, 0.25) is 0 Å². The molecule has 2 heterocycles. The van der Waals surface area contributed by atoms with E-state index in [4.69, 9.17) is 18.9 Å². The number of aliphatic hydroxyl groups excluding tert-OH is 8. The second kappa shape index (κ2) is 44.5. The Balaban J connectivity index is 1.72. The number of carbonyl (C=O) groups is 1. The number of allylic oxidation sites excluding steroid dienone is 19. The summed E-state index contributed by atoms with van der Waals surface area (Å²) >= 11 is 0. The predicted molar refractivity (Wildman–Crippen MR) is 295 cm³/mol. The van der Waals surface area contributed by atoms with Crippen molar-refractivity contribution in [3.8, 4) is 0 Å². The van der Waals surface area contributed by atoms with Gasteiger partial charge in [-0.05, 0) is 89.9 Å². The van der Waals surface area contributed by atoms with Crippen molar-refractivity contribution in [1.29, 1.82) is 0 Å². The minimum absolute atomic E-state index is 0.232. The van der Waals surface area contributed by atoms with Gasteiger partial charge in [0.05, 0.1) is 32.0 Å². The Bertz CT molecular complexity index is 1700. The van der Waals surface area contributed by atoms with Gasteiger partial charge < -0.3 is 65.1 Å². The van der Waals surface area contributed by atoms with Crippen LogP contribution in [0.5, 0.6) is 0 Å². The molecule has 0 aliphatic carbocycles. The SMILES string of the molecule is CC/C=C\C/C=C\C/C=C\C/C=C\C/C=C\C/C=C\C/C=C\C/C=C\C/C=C\CCCCCC(=O)NC(COC1OC(CO)C(OC2OC(CO)C(O)C(O)C2O)C(O)C1O)C(O)/C=C/CCCCCCCCC. The normalized spacial score (nSPS) is 26.2. The van der Waals surface area contributed by atoms with E-state index in [2.05, 4.69) is 129 Å². The molecule has 9 N–H and O–H groups in total. The zero-order valence-corrected chi connectivity index (χ0v) is 44.8. The highest BCUT2D eigenvalue weighted by Crippen LogP contribution is 2.30. The van der Waals surface area contributed by atoms with Gasteiger partial charge in [0.2, 0.25) is 5.91 Å². The molecule has 0 aromatic rings. The number of hydrogen-bond acceptors (Lipinski definition) is 13. The van der Waals surface area contributed by atoms with Crippen molar-refractivity contribution in [3.63, 3.8) is 0 Å². The molecule has 0 spiro atoms. The van der Waals surface area contributed by atoms with Crippen molar-refractivity contribution in [3.05, 3.63) is 122 Å². The maximum atomic E-state index is 13.2. The topological polar surface area (TPSA) is 228 Å². The fourth-order valence-electron chi connectivity index (χ4n) is 8.16. The van der Waals surface area contributed by atoms with Crippen LogP contribution in [0.4, 0.5) is 0 Å². The Morgan fingerprint density at radius 2 is 0.932 bits per heavy atom. The lowest BCUT2D eigenvalue weighted by atomic mass is 9.97. The van der Waals surface area contributed by atoms with Crippen molar-refractivity contribution in [1.82, 2.24) is 5.32 Å². The summed E-state index contributed by atoms with van der Waals surface area (Å²) in [5, 5.41) is 86.6. The quantitative estimate of drug-likeness (QED) is 0.0207. The highest BCUT2D eigenvalue weighted by molar-refractivity contribution is 5.76. The van der Waals surface area contributed by atoms with Crippen LogP contribution in [0.1, 0.15) is 155 Å². The molecule has 0 radical (unpaired) electrons. The number of rotatable bonds is 41. The molecular formula is C60H97NO13. The number of amides is 1. The Morgan fingerprint density at radius 1 is 0.500 bits per heavy atom. The first kappa shape index (κ1) is 66.5. The van der Waals surface area contributed by atoms with E-state index >= 15 is 0 Å². The minimum atomic E-state index is -1.80. The first-order chi connectivity index (χ1) is 36.1. The largest absolute Gasteiger partial charge is 0.394 e. The predicted octanol–water partition coefficient (Wildman–Crippen LogP) is 8.66. The first-order valence-corrected chi connectivity index (χ1v) is 27.8. The van der Waals surface area contributed by atoms with Crippen LogP contribution in [0, 0.1) is 0 Å². The van der Waals surface area contributed by atoms with Gasteiger partial charge >= 0.3 is 0 Å². The van der Waals surface area contributed by atoms with Crippen LogP contribution in [-0.4, -0.2) is 140 Å². The molecule has 0 aromatic carbocycles. The Hall–Kier alpha value is -3.61. The average Bonchev–Trinajstić information content (AvgIpc) is 3.40. The third kappa shape index (κ3) is 30.2. The maximum absolute atomic E-state index is 13.2. The molecule has 420 valence electrons. The van der Waals surface area contributed by atoms with Crippen LogP contribution >= 0.6 is 0 Å². The minimum Gasteiger partial charge on any atom is -0.394 e. The lowest BCUT2D eigenvalue weighted by Crippen LogP contribution is -2.65. The zero-order chi connectivity index (χ0) is 53.9. The molecule has 14 heteroatoms. The molecule has 2 aliphatic rings. The Labute approximate surface area is 444 Å². The number of ether oxygens (including phenoxy) is 4. The van der Waals surface area contributed by atoms with Crippen LogP contribution < -0.4 is 5.32 Å². The Morgan fingerprint density at radius 3 is 1.43 bits per heavy atom. The number of aliphatic hydroxyl groups is 8. The third-order valence-corrected chi connectivity index (χ3v) is 12.7. The van der Waals surface area contributed by atoms with E-state index in [1.54, 1.807) is 6.08 Å². The van der Waals surface area contributed by atoms with Gasteiger partial charge in [-0.2, -0.15) is 0 Å². The molecule has 12 unspecified atom stereocenters. The summed E-state index contributed by atoms with van der Waals surface area (Å²) < 4.78 is 22.6. The lowest BCUT2D eigenvalue weighted by molar-refractivity contribution is -0.359. The maximum Gasteiger partial charge on any atom is 0.220 e. The van der Waals surface area contributed by atoms with E-state index in [-0.39, 0.29) is 18.9 Å². The lowest BCUT2D eigenvalue weighted by Gasteiger charge is -2.46. The highest BCUT2D eigenvalue weighted by Gasteiger charge is 2.51. The molecule has 2 aliphatic heterocycles. The molecule has 74 heavy (non-hydrogen) atoms. The molecule has 0 saturated carbocycles. The van der Waals surface area contributed by atoms with E-state index < -0.39 is 86.8 Å². The van der Waals surface area contributed by atoms with Crippen LogP contribution in [0.15, 0.2) is 122 Å². The standard InChI is InChI=1S/C60H97NO13/c1-3-5-7-9-11-13-14-15-16-17-18-19-20-21-22-23-24-25-26-27-28-29-30-31-32-33-34-36-38-40-42-44-52(65)61-48(49(64)43-41-39-37-35-12-10-8-6-4-2)47-71-59-57(70)55(68)58(51(46-63)73-59)74-60-56(69)54(67)53(66)50(45-62)72-60/h5,7,11,13,15-16,18-19,21-22,24-25,27-28,30-31,33-34,41,43,48-51,53-60,62-64,66-70H,3-4,6,8-10,12,14,17,20,23,26,29,32,35-40,42,44-47H2,1-2H3,(H,61,65)/b7-5-,13-11-,16-15-,19-18-,22-21-,25-24-,28-27-,31-30-,34-33-,43-41+. The van der Waals surface area contributed by atoms with E-state index in [1.807, 2.05) is 6.08 Å². The van der Waals surface area contributed by atoms with Crippen molar-refractivity contribution >= 4 is 5.91 Å². The molecular weight excluding hydrogens is 943 g/mol. The van der Waals surface area contributed by atoms with E-state index in [9.17, 15) is 45.6 Å². The van der Waals surface area contributed by atoms with E-state index in [1.165, 1.54) is 25.7 Å². The summed E-state index contributed by atoms with van der Waals surface area (Å²) in [6.45, 7) is 2.58. The van der Waals surface area contributed by atoms with Crippen molar-refractivity contribution in [2.75, 3.05) is 19.8 Å². The molecule has 2 fully saturated rings. The second-order valence-electron chi connectivity index (χ2n) is 19.0. The third-order valence-electron chi connectivity index (χ3n) is 12.7. The van der Waals surface area contributed by atoms with Gasteiger partial charge in [0.1, 0.15) is 48.8 Å². The summed E-state index contributed by atoms with van der Waals surface area (Å²) in [6, 6.07) is -0.939. The molecule has 12 atom stereocenters. The smallest absolute Gasteiger partial charge is 0.220 e. The van der Waals surface area contributed by atoms with Crippen molar-refractivity contribution in [2.45, 2.75) is 229 Å². The monoisotopic (exact) mass is 1040 g/mol. The first-order valence-electron chi connectivity index (χ1n) is 27.8. The van der Waals surface area contributed by atoms with Crippen molar-refractivity contribution in [2.24, 2.45) is 0 Å². The van der Waals surface area contributed by atoms with Crippen LogP contribution in [0.3, 0.4) is 0 Å². The molecule has 2 saturated heterocycles. The van der Waals surface area contributed by atoms with Gasteiger partial charge in [0, 0.05) is 6.42 Å². The van der Waals surface area contributed by atoms with Gasteiger partial charge in [0.15, 0.2) is 12.6 Å². The Kier molecular flexibility index (Phi) is 40.0. The van der Waals surface area contributed by atoms with Crippen molar-refractivity contribution < 1.29 is 64.6 Å². The average molecular weight is 1040 g/mol. The molecule has 0 aromatic heterocycles. The summed E-state index contributed by atoms with van der Waals surface area (Å²) in [4.78, 5) is 13.2. The molecule has 2 rings (SSSR count). The highest BCUT2D eigenvalue weighted by atomic mass is 16.7. The van der Waals surface area contributed by atoms with E-state index in [0.717, 1.165) is 103 Å². The summed E-state index contributed by atoms with van der Waals surface area (Å²) in [5.41, 5.74) is 0. The summed E-state index contributed by atoms with van der Waals surface area (Å²) in [6.07, 6.45) is 46.9. The van der Waals surface area contributed by atoms with Gasteiger partial charge in [-0.1, -0.05) is 180 Å². The van der Waals surface area contributed by atoms with Gasteiger partial charge in [-0.25, -0.2) is 0 Å². The fourth-order valence-corrected chi connectivity index (χ4v) is 8.16. The van der Waals surface area contributed by atoms with Gasteiger partial charge in [0.25, 0.3) is 0 Å². The zero-order valence-electron chi connectivity index (χ0n) is 44.8. The van der Waals surface area contributed by atoms with Gasteiger partial charge in [-0.15, -0.1) is 0 Å². The molecule has 1 amide bonds. The molecule has 0 bridgehead atoms. The van der Waals surface area contributed by atoms with Crippen LogP contribution in [0.25, 0.3) is 0 Å².